The van der Waals surface area contributed by atoms with Gasteiger partial charge in [-0.15, -0.1) is 0 Å². The predicted octanol–water partition coefficient (Wildman–Crippen LogP) is 3.99. The van der Waals surface area contributed by atoms with Gasteiger partial charge in [0.1, 0.15) is 12.2 Å². The molecule has 0 aromatic carbocycles. The summed E-state index contributed by atoms with van der Waals surface area (Å²) in [6.07, 6.45) is 8.02. The van der Waals surface area contributed by atoms with E-state index in [0.29, 0.717) is 12.3 Å². The molecule has 0 amide bonds. The molecule has 0 aromatic rings. The van der Waals surface area contributed by atoms with Gasteiger partial charge in [0.25, 0.3) is 0 Å². The monoisotopic (exact) mass is 388 g/mol. The SMILES string of the molecule is CC(=O)O[C@H]1CC[C@@]2(C)C(=CC(=O)[C@@H]3C2CC[C@]2(C)[C@@H](OC(C)=O)CC[C@@H]32)C1. The number of carbonyl (C=O) groups is 3. The van der Waals surface area contributed by atoms with Gasteiger partial charge in [-0.05, 0) is 61.9 Å². The van der Waals surface area contributed by atoms with E-state index >= 15 is 0 Å². The third-order valence-electron chi connectivity index (χ3n) is 8.45. The molecule has 4 aliphatic rings. The molecule has 4 aliphatic carbocycles. The molecule has 5 heteroatoms. The Morgan fingerprint density at radius 2 is 1.68 bits per heavy atom. The highest BCUT2D eigenvalue weighted by Crippen LogP contribution is 2.64. The Bertz CT molecular complexity index is 739. The van der Waals surface area contributed by atoms with Crippen molar-refractivity contribution in [2.75, 3.05) is 0 Å². The molecule has 0 spiro atoms. The predicted molar refractivity (Wildman–Crippen MR) is 103 cm³/mol. The Balaban J connectivity index is 1.62. The fraction of sp³-hybridized carbons (Fsp3) is 0.783. The summed E-state index contributed by atoms with van der Waals surface area (Å²) in [5.41, 5.74) is 1.09. The lowest BCUT2D eigenvalue weighted by Gasteiger charge is -2.56. The first kappa shape index (κ1) is 19.7. The molecule has 0 aromatic heterocycles. The van der Waals surface area contributed by atoms with Crippen molar-refractivity contribution in [1.82, 2.24) is 0 Å². The van der Waals surface area contributed by atoms with Crippen LogP contribution >= 0.6 is 0 Å². The van der Waals surface area contributed by atoms with Gasteiger partial charge in [0, 0.05) is 31.6 Å². The maximum Gasteiger partial charge on any atom is 0.302 e. The van der Waals surface area contributed by atoms with Crippen molar-refractivity contribution < 1.29 is 23.9 Å². The largest absolute Gasteiger partial charge is 0.462 e. The summed E-state index contributed by atoms with van der Waals surface area (Å²) < 4.78 is 11.1. The fourth-order valence-corrected chi connectivity index (χ4v) is 7.05. The number of rotatable bonds is 2. The number of fused-ring (bicyclic) bond motifs is 5. The van der Waals surface area contributed by atoms with Gasteiger partial charge in [-0.1, -0.05) is 19.4 Å². The Morgan fingerprint density at radius 1 is 0.964 bits per heavy atom. The van der Waals surface area contributed by atoms with Crippen LogP contribution in [0.2, 0.25) is 0 Å². The molecule has 7 atom stereocenters. The highest BCUT2D eigenvalue weighted by atomic mass is 16.5. The van der Waals surface area contributed by atoms with Crippen molar-refractivity contribution in [3.8, 4) is 0 Å². The lowest BCUT2D eigenvalue weighted by atomic mass is 9.47. The Labute approximate surface area is 167 Å². The van der Waals surface area contributed by atoms with E-state index in [1.807, 2.05) is 6.08 Å². The molecule has 4 rings (SSSR count). The van der Waals surface area contributed by atoms with Crippen LogP contribution in [-0.2, 0) is 23.9 Å². The van der Waals surface area contributed by atoms with Crippen LogP contribution < -0.4 is 0 Å². The van der Waals surface area contributed by atoms with Gasteiger partial charge >= 0.3 is 11.9 Å². The summed E-state index contributed by atoms with van der Waals surface area (Å²) in [5, 5.41) is 0. The normalized spacial score (nSPS) is 44.6. The number of hydrogen-bond acceptors (Lipinski definition) is 5. The Kier molecular flexibility index (Phi) is 4.71. The van der Waals surface area contributed by atoms with Crippen LogP contribution in [0, 0.1) is 28.6 Å². The highest BCUT2D eigenvalue weighted by Gasteiger charge is 2.61. The van der Waals surface area contributed by atoms with E-state index in [2.05, 4.69) is 13.8 Å². The standard InChI is InChI=1S/C23H32O5/c1-13(24)27-16-7-9-22(3)15(11-16)12-19(26)21-17-5-6-20(28-14(2)25)23(17,4)10-8-18(21)22/h12,16-18,20-21H,5-11H2,1-4H3/t16-,17-,18?,20-,21-,22-,23-/m0/s1. The van der Waals surface area contributed by atoms with Crippen molar-refractivity contribution in [1.29, 1.82) is 0 Å². The molecule has 0 saturated heterocycles. The first-order chi connectivity index (χ1) is 13.1. The van der Waals surface area contributed by atoms with E-state index in [-0.39, 0.29) is 52.6 Å². The molecule has 0 N–H and O–H groups in total. The Hall–Kier alpha value is -1.65. The number of ether oxygens (including phenoxy) is 2. The number of ketones is 1. The van der Waals surface area contributed by atoms with Crippen molar-refractivity contribution in [2.45, 2.75) is 84.8 Å². The molecule has 0 aliphatic heterocycles. The Morgan fingerprint density at radius 3 is 2.36 bits per heavy atom. The summed E-state index contributed by atoms with van der Waals surface area (Å²) in [4.78, 5) is 36.2. The van der Waals surface area contributed by atoms with Crippen LogP contribution in [0.25, 0.3) is 0 Å². The second-order valence-corrected chi connectivity index (χ2v) is 9.92. The van der Waals surface area contributed by atoms with Gasteiger partial charge in [0.05, 0.1) is 0 Å². The lowest BCUT2D eigenvalue weighted by Crippen LogP contribution is -2.54. The van der Waals surface area contributed by atoms with E-state index in [1.54, 1.807) is 0 Å². The minimum absolute atomic E-state index is 0.01000. The molecule has 3 fully saturated rings. The van der Waals surface area contributed by atoms with Crippen LogP contribution in [0.5, 0.6) is 0 Å². The van der Waals surface area contributed by atoms with Crippen molar-refractivity contribution in [2.24, 2.45) is 28.6 Å². The quantitative estimate of drug-likeness (QED) is 0.669. The van der Waals surface area contributed by atoms with E-state index in [9.17, 15) is 14.4 Å². The molecule has 154 valence electrons. The van der Waals surface area contributed by atoms with Crippen LogP contribution in [0.15, 0.2) is 11.6 Å². The van der Waals surface area contributed by atoms with Crippen LogP contribution in [-0.4, -0.2) is 29.9 Å². The first-order valence-electron chi connectivity index (χ1n) is 10.7. The van der Waals surface area contributed by atoms with Crippen molar-refractivity contribution in [3.63, 3.8) is 0 Å². The van der Waals surface area contributed by atoms with E-state index in [4.69, 9.17) is 9.47 Å². The molecule has 0 bridgehead atoms. The van der Waals surface area contributed by atoms with Gasteiger partial charge < -0.3 is 9.47 Å². The third-order valence-corrected chi connectivity index (χ3v) is 8.45. The van der Waals surface area contributed by atoms with E-state index in [1.165, 1.54) is 19.4 Å². The second kappa shape index (κ2) is 6.70. The summed E-state index contributed by atoms with van der Waals surface area (Å²) in [6.45, 7) is 7.46. The number of carbonyl (C=O) groups excluding carboxylic acids is 3. The van der Waals surface area contributed by atoms with Crippen LogP contribution in [0.1, 0.15) is 72.6 Å². The summed E-state index contributed by atoms with van der Waals surface area (Å²) >= 11 is 0. The molecular weight excluding hydrogens is 356 g/mol. The number of hydrogen-bond donors (Lipinski definition) is 0. The topological polar surface area (TPSA) is 69.7 Å². The fourth-order valence-electron chi connectivity index (χ4n) is 7.05. The maximum atomic E-state index is 13.3. The third kappa shape index (κ3) is 2.93. The van der Waals surface area contributed by atoms with Gasteiger partial charge in [-0.3, -0.25) is 14.4 Å². The average Bonchev–Trinajstić information content (AvgIpc) is 2.92. The van der Waals surface area contributed by atoms with E-state index in [0.717, 1.165) is 38.5 Å². The number of esters is 2. The molecule has 5 nitrogen and oxygen atoms in total. The van der Waals surface area contributed by atoms with Gasteiger partial charge in [-0.25, -0.2) is 0 Å². The highest BCUT2D eigenvalue weighted by molar-refractivity contribution is 5.94. The molecule has 0 radical (unpaired) electrons. The zero-order chi connectivity index (χ0) is 20.3. The van der Waals surface area contributed by atoms with Crippen LogP contribution in [0.3, 0.4) is 0 Å². The minimum atomic E-state index is -0.245. The van der Waals surface area contributed by atoms with Gasteiger partial charge in [-0.2, -0.15) is 0 Å². The molecule has 28 heavy (non-hydrogen) atoms. The second-order valence-electron chi connectivity index (χ2n) is 9.92. The minimum Gasteiger partial charge on any atom is -0.462 e. The van der Waals surface area contributed by atoms with Gasteiger partial charge in [0.15, 0.2) is 5.78 Å². The van der Waals surface area contributed by atoms with E-state index < -0.39 is 0 Å². The molecular formula is C23H32O5. The van der Waals surface area contributed by atoms with Gasteiger partial charge in [0.2, 0.25) is 0 Å². The van der Waals surface area contributed by atoms with Crippen LogP contribution in [0.4, 0.5) is 0 Å². The number of allylic oxidation sites excluding steroid dienone is 1. The summed E-state index contributed by atoms with van der Waals surface area (Å²) in [5.74, 6) is 0.419. The zero-order valence-corrected chi connectivity index (χ0v) is 17.5. The summed E-state index contributed by atoms with van der Waals surface area (Å²) in [6, 6.07) is 0. The zero-order valence-electron chi connectivity index (χ0n) is 17.5. The average molecular weight is 389 g/mol. The molecule has 1 unspecified atom stereocenters. The lowest BCUT2D eigenvalue weighted by molar-refractivity contribution is -0.158. The molecule has 0 heterocycles. The molecule has 3 saturated carbocycles. The van der Waals surface area contributed by atoms with Crippen molar-refractivity contribution >= 4 is 17.7 Å². The first-order valence-corrected chi connectivity index (χ1v) is 10.7. The van der Waals surface area contributed by atoms with Crippen molar-refractivity contribution in [3.05, 3.63) is 11.6 Å². The summed E-state index contributed by atoms with van der Waals surface area (Å²) in [7, 11) is 0. The smallest absolute Gasteiger partial charge is 0.302 e. The maximum absolute atomic E-state index is 13.3.